The number of piperidine rings is 1. The summed E-state index contributed by atoms with van der Waals surface area (Å²) >= 11 is 1.35. The molecule has 3 heterocycles. The highest BCUT2D eigenvalue weighted by Gasteiger charge is 2.29. The van der Waals surface area contributed by atoms with Crippen LogP contribution in [0.15, 0.2) is 23.8 Å². The fourth-order valence-corrected chi connectivity index (χ4v) is 3.73. The molecular formula is C16H18N4OS. The molecule has 0 bridgehead atoms. The first-order chi connectivity index (χ1) is 10.7. The van der Waals surface area contributed by atoms with E-state index >= 15 is 0 Å². The van der Waals surface area contributed by atoms with E-state index < -0.39 is 0 Å². The number of aromatic nitrogens is 2. The summed E-state index contributed by atoms with van der Waals surface area (Å²) in [5.41, 5.74) is 1.60. The van der Waals surface area contributed by atoms with Gasteiger partial charge in [-0.25, -0.2) is 0 Å². The molecule has 1 fully saturated rings. The molecule has 0 radical (unpaired) electrons. The second kappa shape index (κ2) is 6.32. The summed E-state index contributed by atoms with van der Waals surface area (Å²) in [6.07, 6.45) is 6.97. The number of rotatable bonds is 3. The summed E-state index contributed by atoms with van der Waals surface area (Å²) in [5.74, 6) is -0.0138. The maximum atomic E-state index is 12.8. The van der Waals surface area contributed by atoms with Crippen molar-refractivity contribution in [2.24, 2.45) is 0 Å². The monoisotopic (exact) mass is 314 g/mol. The molecule has 114 valence electrons. The lowest BCUT2D eigenvalue weighted by Gasteiger charge is -2.35. The van der Waals surface area contributed by atoms with Gasteiger partial charge in [0.1, 0.15) is 10.9 Å². The van der Waals surface area contributed by atoms with E-state index in [0.29, 0.717) is 17.0 Å². The number of hydrogen-bond donors (Lipinski definition) is 0. The van der Waals surface area contributed by atoms with Crippen molar-refractivity contribution in [3.8, 4) is 6.07 Å². The number of hydrogen-bond acceptors (Lipinski definition) is 4. The largest absolute Gasteiger partial charge is 0.333 e. The van der Waals surface area contributed by atoms with Crippen molar-refractivity contribution in [3.05, 3.63) is 39.8 Å². The van der Waals surface area contributed by atoms with Crippen LogP contribution in [0.4, 0.5) is 0 Å². The van der Waals surface area contributed by atoms with Crippen molar-refractivity contribution in [2.45, 2.75) is 38.8 Å². The van der Waals surface area contributed by atoms with Crippen LogP contribution in [0.2, 0.25) is 0 Å². The third-order valence-electron chi connectivity index (χ3n) is 4.03. The van der Waals surface area contributed by atoms with Gasteiger partial charge in [-0.3, -0.25) is 9.48 Å². The fourth-order valence-electron chi connectivity index (χ4n) is 2.93. The maximum Gasteiger partial charge on any atom is 0.265 e. The highest BCUT2D eigenvalue weighted by atomic mass is 32.1. The first kappa shape index (κ1) is 14.8. The molecule has 2 aromatic rings. The van der Waals surface area contributed by atoms with Gasteiger partial charge < -0.3 is 4.90 Å². The van der Waals surface area contributed by atoms with Crippen molar-refractivity contribution in [1.82, 2.24) is 14.7 Å². The number of carbonyl (C=O) groups excluding carboxylic acids is 1. The Hall–Kier alpha value is -2.13. The fraction of sp³-hybridized carbons (Fsp3) is 0.438. The smallest absolute Gasteiger partial charge is 0.265 e. The van der Waals surface area contributed by atoms with Crippen LogP contribution in [0.1, 0.15) is 40.1 Å². The van der Waals surface area contributed by atoms with Crippen LogP contribution in [0.5, 0.6) is 0 Å². The van der Waals surface area contributed by atoms with E-state index in [4.69, 9.17) is 5.26 Å². The lowest BCUT2D eigenvalue weighted by atomic mass is 10.0. The van der Waals surface area contributed by atoms with Crippen molar-refractivity contribution < 1.29 is 4.79 Å². The van der Waals surface area contributed by atoms with Gasteiger partial charge in [-0.1, -0.05) is 0 Å². The van der Waals surface area contributed by atoms with E-state index in [9.17, 15) is 4.79 Å². The quantitative estimate of drug-likeness (QED) is 0.875. The van der Waals surface area contributed by atoms with Crippen molar-refractivity contribution in [2.75, 3.05) is 6.54 Å². The molecule has 0 N–H and O–H groups in total. The van der Waals surface area contributed by atoms with Gasteiger partial charge in [0.15, 0.2) is 0 Å². The molecule has 0 aromatic carbocycles. The number of likely N-dealkylation sites (tertiary alicyclic amines) is 1. The Morgan fingerprint density at radius 2 is 2.41 bits per heavy atom. The summed E-state index contributed by atoms with van der Waals surface area (Å²) in [7, 11) is 0. The normalized spacial score (nSPS) is 18.2. The van der Waals surface area contributed by atoms with Crippen LogP contribution in [0.3, 0.4) is 0 Å². The average Bonchev–Trinajstić information content (AvgIpc) is 3.16. The number of thiophene rings is 1. The van der Waals surface area contributed by atoms with Crippen LogP contribution in [0.25, 0.3) is 0 Å². The molecule has 6 heteroatoms. The molecule has 0 saturated carbocycles. The highest BCUT2D eigenvalue weighted by molar-refractivity contribution is 7.12. The van der Waals surface area contributed by atoms with Crippen LogP contribution in [-0.4, -0.2) is 33.2 Å². The molecule has 1 aliphatic rings. The van der Waals surface area contributed by atoms with Gasteiger partial charge in [0.2, 0.25) is 0 Å². The van der Waals surface area contributed by atoms with E-state index in [1.807, 2.05) is 34.3 Å². The van der Waals surface area contributed by atoms with E-state index in [1.54, 1.807) is 6.07 Å². The average molecular weight is 314 g/mol. The summed E-state index contributed by atoms with van der Waals surface area (Å²) in [5, 5.41) is 15.3. The molecule has 0 unspecified atom stereocenters. The molecule has 1 amide bonds. The van der Waals surface area contributed by atoms with E-state index in [0.717, 1.165) is 31.4 Å². The lowest BCUT2D eigenvalue weighted by molar-refractivity contribution is 0.0588. The lowest BCUT2D eigenvalue weighted by Crippen LogP contribution is -2.45. The second-order valence-corrected chi connectivity index (χ2v) is 6.58. The van der Waals surface area contributed by atoms with Gasteiger partial charge >= 0.3 is 0 Å². The van der Waals surface area contributed by atoms with E-state index in [1.165, 1.54) is 11.3 Å². The third-order valence-corrected chi connectivity index (χ3v) is 4.93. The van der Waals surface area contributed by atoms with Gasteiger partial charge in [-0.2, -0.15) is 10.4 Å². The third kappa shape index (κ3) is 2.90. The first-order valence-electron chi connectivity index (χ1n) is 7.46. The van der Waals surface area contributed by atoms with Gasteiger partial charge in [-0.15, -0.1) is 11.3 Å². The predicted molar refractivity (Wildman–Crippen MR) is 84.7 cm³/mol. The minimum Gasteiger partial charge on any atom is -0.333 e. The molecule has 5 nitrogen and oxygen atoms in total. The minimum absolute atomic E-state index is 0.0138. The van der Waals surface area contributed by atoms with Crippen LogP contribution in [0, 0.1) is 18.3 Å². The zero-order chi connectivity index (χ0) is 15.5. The molecule has 0 aliphatic carbocycles. The SMILES string of the molecule is Cc1cnn(C[C@@H]2CCCCN2C(=O)c2sccc2C#N)c1. The van der Waals surface area contributed by atoms with Crippen LogP contribution in [-0.2, 0) is 6.54 Å². The van der Waals surface area contributed by atoms with Gasteiger partial charge in [-0.05, 0) is 43.2 Å². The Morgan fingerprint density at radius 3 is 3.14 bits per heavy atom. The van der Waals surface area contributed by atoms with Gasteiger partial charge in [0, 0.05) is 12.7 Å². The summed E-state index contributed by atoms with van der Waals surface area (Å²) in [6, 6.07) is 3.97. The Balaban J connectivity index is 1.80. The van der Waals surface area contributed by atoms with Crippen molar-refractivity contribution >= 4 is 17.2 Å². The van der Waals surface area contributed by atoms with E-state index in [2.05, 4.69) is 11.2 Å². The second-order valence-electron chi connectivity index (χ2n) is 5.66. The number of aryl methyl sites for hydroxylation is 1. The van der Waals surface area contributed by atoms with Gasteiger partial charge in [0.25, 0.3) is 5.91 Å². The maximum absolute atomic E-state index is 12.8. The van der Waals surface area contributed by atoms with Gasteiger partial charge in [0.05, 0.1) is 24.3 Å². The molecular weight excluding hydrogens is 296 g/mol. The number of carbonyl (C=O) groups is 1. The number of nitriles is 1. The number of nitrogens with zero attached hydrogens (tertiary/aromatic N) is 4. The zero-order valence-corrected chi connectivity index (χ0v) is 13.3. The molecule has 1 aliphatic heterocycles. The Labute approximate surface area is 133 Å². The van der Waals surface area contributed by atoms with Crippen molar-refractivity contribution in [3.63, 3.8) is 0 Å². The van der Waals surface area contributed by atoms with E-state index in [-0.39, 0.29) is 11.9 Å². The Kier molecular flexibility index (Phi) is 4.25. The summed E-state index contributed by atoms with van der Waals surface area (Å²) in [6.45, 7) is 3.48. The van der Waals surface area contributed by atoms with Crippen LogP contribution >= 0.6 is 11.3 Å². The molecule has 2 aromatic heterocycles. The summed E-state index contributed by atoms with van der Waals surface area (Å²) < 4.78 is 1.91. The molecule has 22 heavy (non-hydrogen) atoms. The minimum atomic E-state index is -0.0138. The summed E-state index contributed by atoms with van der Waals surface area (Å²) in [4.78, 5) is 15.3. The standard InChI is InChI=1S/C16H18N4OS/c1-12-9-18-19(10-12)11-14-4-2-3-6-20(14)16(21)15-13(8-17)5-7-22-15/h5,7,9-10,14H,2-4,6,11H2,1H3/t14-/m0/s1. The molecule has 1 saturated heterocycles. The topological polar surface area (TPSA) is 61.9 Å². The first-order valence-corrected chi connectivity index (χ1v) is 8.34. The Bertz CT molecular complexity index is 712. The highest BCUT2D eigenvalue weighted by Crippen LogP contribution is 2.25. The molecule has 1 atom stereocenters. The predicted octanol–water partition coefficient (Wildman–Crippen LogP) is 2.82. The Morgan fingerprint density at radius 1 is 1.55 bits per heavy atom. The molecule has 0 spiro atoms. The van der Waals surface area contributed by atoms with Crippen LogP contribution < -0.4 is 0 Å². The molecule has 3 rings (SSSR count). The zero-order valence-electron chi connectivity index (χ0n) is 12.5. The van der Waals surface area contributed by atoms with Crippen molar-refractivity contribution in [1.29, 1.82) is 5.26 Å². The number of amides is 1.